The summed E-state index contributed by atoms with van der Waals surface area (Å²) in [5, 5.41) is 3.54. The molecular weight excluding hydrogens is 294 g/mol. The molecule has 5 nitrogen and oxygen atoms in total. The molecule has 0 bridgehead atoms. The second kappa shape index (κ2) is 6.01. The van der Waals surface area contributed by atoms with E-state index in [1.54, 1.807) is 7.11 Å². The number of nitrogens with one attached hydrogen (secondary N) is 1. The van der Waals surface area contributed by atoms with Gasteiger partial charge in [0.15, 0.2) is 11.5 Å². The number of methoxy groups -OCH3 is 1. The molecule has 0 aliphatic carbocycles. The van der Waals surface area contributed by atoms with Crippen LogP contribution in [0.3, 0.4) is 0 Å². The Hall–Kier alpha value is -2.40. The Morgan fingerprint density at radius 1 is 1.13 bits per heavy atom. The van der Waals surface area contributed by atoms with Crippen molar-refractivity contribution in [2.24, 2.45) is 0 Å². The molecule has 2 aliphatic heterocycles. The molecule has 2 aromatic carbocycles. The monoisotopic (exact) mass is 313 g/mol. The van der Waals surface area contributed by atoms with Crippen LogP contribution < -0.4 is 24.3 Å². The van der Waals surface area contributed by atoms with Crippen molar-refractivity contribution in [1.82, 2.24) is 5.32 Å². The molecule has 4 rings (SSSR count). The Labute approximate surface area is 135 Å². The molecule has 2 heterocycles. The number of hydrogen-bond donors (Lipinski definition) is 1. The minimum atomic E-state index is 0.246. The predicted octanol–water partition coefficient (Wildman–Crippen LogP) is 2.52. The van der Waals surface area contributed by atoms with Crippen molar-refractivity contribution >= 4 is 0 Å². The molecular formula is C18H19NO4. The summed E-state index contributed by atoms with van der Waals surface area (Å²) in [5.41, 5.74) is 2.35. The smallest absolute Gasteiger partial charge is 0.231 e. The fourth-order valence-electron chi connectivity index (χ4n) is 3.01. The first kappa shape index (κ1) is 14.2. The predicted molar refractivity (Wildman–Crippen MR) is 85.4 cm³/mol. The number of hydrogen-bond acceptors (Lipinski definition) is 5. The molecule has 1 atom stereocenters. The highest BCUT2D eigenvalue weighted by Crippen LogP contribution is 2.41. The van der Waals surface area contributed by atoms with Gasteiger partial charge in [-0.05, 0) is 35.7 Å². The lowest BCUT2D eigenvalue weighted by Gasteiger charge is -2.26. The molecule has 0 aromatic heterocycles. The van der Waals surface area contributed by atoms with Gasteiger partial charge in [-0.1, -0.05) is 18.2 Å². The van der Waals surface area contributed by atoms with E-state index in [0.717, 1.165) is 30.0 Å². The van der Waals surface area contributed by atoms with Gasteiger partial charge in [0.1, 0.15) is 12.4 Å². The number of benzene rings is 2. The van der Waals surface area contributed by atoms with Crippen LogP contribution in [-0.4, -0.2) is 26.6 Å². The highest BCUT2D eigenvalue weighted by atomic mass is 16.7. The lowest BCUT2D eigenvalue weighted by Crippen LogP contribution is -2.38. The summed E-state index contributed by atoms with van der Waals surface area (Å²) in [7, 11) is 1.64. The highest BCUT2D eigenvalue weighted by molar-refractivity contribution is 5.55. The third-order valence-corrected chi connectivity index (χ3v) is 4.19. The van der Waals surface area contributed by atoms with Crippen LogP contribution in [0.25, 0.3) is 0 Å². The maximum absolute atomic E-state index is 5.81. The normalized spacial score (nSPS) is 18.2. The molecule has 0 spiro atoms. The summed E-state index contributed by atoms with van der Waals surface area (Å²) in [6.07, 6.45) is 0.970. The zero-order valence-corrected chi connectivity index (χ0v) is 13.0. The summed E-state index contributed by atoms with van der Waals surface area (Å²) in [6, 6.07) is 12.5. The quantitative estimate of drug-likeness (QED) is 0.940. The Morgan fingerprint density at radius 2 is 2.04 bits per heavy atom. The van der Waals surface area contributed by atoms with Gasteiger partial charge in [-0.3, -0.25) is 0 Å². The maximum Gasteiger partial charge on any atom is 0.231 e. The van der Waals surface area contributed by atoms with E-state index in [1.807, 2.05) is 30.3 Å². The van der Waals surface area contributed by atoms with Gasteiger partial charge in [-0.25, -0.2) is 0 Å². The molecule has 0 saturated heterocycles. The van der Waals surface area contributed by atoms with Gasteiger partial charge in [-0.2, -0.15) is 0 Å². The van der Waals surface area contributed by atoms with Gasteiger partial charge in [0.25, 0.3) is 0 Å². The minimum Gasteiger partial charge on any atom is -0.493 e. The summed E-state index contributed by atoms with van der Waals surface area (Å²) < 4.78 is 22.1. The van der Waals surface area contributed by atoms with Crippen LogP contribution in [0.1, 0.15) is 11.1 Å². The van der Waals surface area contributed by atoms with Crippen LogP contribution in [0.5, 0.6) is 23.0 Å². The molecule has 0 radical (unpaired) electrons. The Balaban J connectivity index is 1.44. The molecule has 23 heavy (non-hydrogen) atoms. The maximum atomic E-state index is 5.81. The van der Waals surface area contributed by atoms with Gasteiger partial charge in [0.05, 0.1) is 7.11 Å². The van der Waals surface area contributed by atoms with Crippen molar-refractivity contribution < 1.29 is 18.9 Å². The third kappa shape index (κ3) is 2.80. The molecule has 2 aliphatic rings. The summed E-state index contributed by atoms with van der Waals surface area (Å²) in [6.45, 7) is 1.65. The van der Waals surface area contributed by atoms with Crippen LogP contribution in [0.4, 0.5) is 0 Å². The highest BCUT2D eigenvalue weighted by Gasteiger charge is 2.22. The largest absolute Gasteiger partial charge is 0.493 e. The molecule has 0 saturated carbocycles. The fraction of sp³-hybridized carbons (Fsp3) is 0.333. The second-order valence-corrected chi connectivity index (χ2v) is 5.73. The van der Waals surface area contributed by atoms with E-state index >= 15 is 0 Å². The molecule has 5 heteroatoms. The second-order valence-electron chi connectivity index (χ2n) is 5.73. The number of fused-ring (bicyclic) bond motifs is 2. The Bertz CT molecular complexity index is 716. The lowest BCUT2D eigenvalue weighted by molar-refractivity contribution is 0.171. The van der Waals surface area contributed by atoms with Crippen LogP contribution in [0.15, 0.2) is 36.4 Å². The van der Waals surface area contributed by atoms with E-state index in [4.69, 9.17) is 18.9 Å². The Morgan fingerprint density at radius 3 is 2.96 bits per heavy atom. The van der Waals surface area contributed by atoms with Crippen molar-refractivity contribution in [2.75, 3.05) is 20.5 Å². The topological polar surface area (TPSA) is 49.0 Å². The van der Waals surface area contributed by atoms with Crippen LogP contribution in [-0.2, 0) is 13.0 Å². The number of para-hydroxylation sites is 1. The molecule has 0 unspecified atom stereocenters. The average molecular weight is 313 g/mol. The molecule has 2 aromatic rings. The van der Waals surface area contributed by atoms with Gasteiger partial charge >= 0.3 is 0 Å². The van der Waals surface area contributed by atoms with E-state index in [-0.39, 0.29) is 6.79 Å². The summed E-state index contributed by atoms with van der Waals surface area (Å²) in [5.74, 6) is 3.13. The first-order valence-electron chi connectivity index (χ1n) is 7.74. The molecule has 120 valence electrons. The van der Waals surface area contributed by atoms with E-state index in [1.165, 1.54) is 5.56 Å². The minimum absolute atomic E-state index is 0.246. The van der Waals surface area contributed by atoms with Gasteiger partial charge in [0, 0.05) is 12.6 Å². The van der Waals surface area contributed by atoms with Gasteiger partial charge < -0.3 is 24.3 Å². The average Bonchev–Trinajstić information content (AvgIpc) is 3.07. The Kier molecular flexibility index (Phi) is 3.71. The molecule has 0 fully saturated rings. The van der Waals surface area contributed by atoms with Crippen molar-refractivity contribution in [1.29, 1.82) is 0 Å². The molecule has 1 N–H and O–H groups in total. The first-order valence-corrected chi connectivity index (χ1v) is 7.74. The first-order chi connectivity index (χ1) is 11.3. The van der Waals surface area contributed by atoms with E-state index in [0.29, 0.717) is 24.1 Å². The third-order valence-electron chi connectivity index (χ3n) is 4.19. The van der Waals surface area contributed by atoms with Crippen molar-refractivity contribution in [3.05, 3.63) is 47.5 Å². The van der Waals surface area contributed by atoms with Crippen LogP contribution >= 0.6 is 0 Å². The van der Waals surface area contributed by atoms with Crippen LogP contribution in [0, 0.1) is 0 Å². The SMILES string of the molecule is COc1cc(CN[C@@H]2COc3ccccc3C2)cc2c1OCO2. The molecule has 0 amide bonds. The van der Waals surface area contributed by atoms with E-state index < -0.39 is 0 Å². The zero-order chi connectivity index (χ0) is 15.6. The lowest BCUT2D eigenvalue weighted by atomic mass is 10.0. The van der Waals surface area contributed by atoms with Gasteiger partial charge in [0.2, 0.25) is 12.5 Å². The van der Waals surface area contributed by atoms with Crippen molar-refractivity contribution in [3.63, 3.8) is 0 Å². The fourth-order valence-corrected chi connectivity index (χ4v) is 3.01. The number of ether oxygens (including phenoxy) is 4. The van der Waals surface area contributed by atoms with Crippen molar-refractivity contribution in [3.8, 4) is 23.0 Å². The standard InChI is InChI=1S/C18H19NO4/c1-20-16-6-12(7-17-18(16)23-11-22-17)9-19-14-8-13-4-2-3-5-15(13)21-10-14/h2-7,14,19H,8-11H2,1H3/t14-/m0/s1. The van der Waals surface area contributed by atoms with Crippen molar-refractivity contribution in [2.45, 2.75) is 19.0 Å². The van der Waals surface area contributed by atoms with E-state index in [9.17, 15) is 0 Å². The van der Waals surface area contributed by atoms with Gasteiger partial charge in [-0.15, -0.1) is 0 Å². The zero-order valence-electron chi connectivity index (χ0n) is 13.0. The van der Waals surface area contributed by atoms with Crippen LogP contribution in [0.2, 0.25) is 0 Å². The summed E-state index contributed by atoms with van der Waals surface area (Å²) in [4.78, 5) is 0. The summed E-state index contributed by atoms with van der Waals surface area (Å²) >= 11 is 0. The number of rotatable bonds is 4. The van der Waals surface area contributed by atoms with E-state index in [2.05, 4.69) is 11.4 Å².